The van der Waals surface area contributed by atoms with Gasteiger partial charge >= 0.3 is 0 Å². The van der Waals surface area contributed by atoms with E-state index >= 15 is 0 Å². The van der Waals surface area contributed by atoms with Gasteiger partial charge in [-0.3, -0.25) is 0 Å². The monoisotopic (exact) mass is 190 g/mol. The van der Waals surface area contributed by atoms with Crippen molar-refractivity contribution in [3.05, 3.63) is 30.4 Å². The maximum atomic E-state index is 5.26. The molecule has 0 atom stereocenters. The van der Waals surface area contributed by atoms with Gasteiger partial charge in [-0.15, -0.1) is 0 Å². The van der Waals surface area contributed by atoms with E-state index in [1.165, 1.54) is 0 Å². The number of nitrogens with zero attached hydrogens (tertiary/aromatic N) is 2. The molecular formula is C11H14N2O. The third kappa shape index (κ3) is 1.35. The van der Waals surface area contributed by atoms with Crippen LogP contribution >= 0.6 is 0 Å². The predicted molar refractivity (Wildman–Crippen MR) is 55.7 cm³/mol. The van der Waals surface area contributed by atoms with Gasteiger partial charge < -0.3 is 9.14 Å². The van der Waals surface area contributed by atoms with E-state index < -0.39 is 0 Å². The number of imidazole rings is 1. The smallest absolute Gasteiger partial charge is 0.144 e. The fourth-order valence-corrected chi connectivity index (χ4v) is 1.63. The van der Waals surface area contributed by atoms with Crippen molar-refractivity contribution < 1.29 is 4.74 Å². The van der Waals surface area contributed by atoms with Gasteiger partial charge in [-0.2, -0.15) is 0 Å². The number of pyridine rings is 1. The molecule has 0 aliphatic heterocycles. The quantitative estimate of drug-likeness (QED) is 0.742. The highest BCUT2D eigenvalue weighted by atomic mass is 16.5. The molecule has 2 aromatic heterocycles. The molecule has 2 rings (SSSR count). The Balaban J connectivity index is 2.57. The maximum Gasteiger partial charge on any atom is 0.144 e. The normalized spacial score (nSPS) is 10.7. The largest absolute Gasteiger partial charge is 0.494 e. The van der Waals surface area contributed by atoms with Gasteiger partial charge in [0.25, 0.3) is 0 Å². The molecule has 0 amide bonds. The van der Waals surface area contributed by atoms with Gasteiger partial charge in [-0.25, -0.2) is 4.98 Å². The summed E-state index contributed by atoms with van der Waals surface area (Å²) in [6.07, 6.45) is 6.00. The minimum absolute atomic E-state index is 0.877. The second-order valence-electron chi connectivity index (χ2n) is 3.26. The molecule has 3 nitrogen and oxygen atoms in total. The standard InChI is InChI=1S/C11H14N2O/c1-3-5-11-12-8-9-10(14-2)6-4-7-13(9)11/h4,6-8H,3,5H2,1-2H3. The molecule has 0 bridgehead atoms. The topological polar surface area (TPSA) is 26.5 Å². The third-order valence-corrected chi connectivity index (χ3v) is 2.30. The van der Waals surface area contributed by atoms with Gasteiger partial charge in [0.15, 0.2) is 0 Å². The number of aromatic nitrogens is 2. The SMILES string of the molecule is CCCc1ncc2c(OC)cccn12. The second-order valence-corrected chi connectivity index (χ2v) is 3.26. The molecular weight excluding hydrogens is 176 g/mol. The number of hydrogen-bond donors (Lipinski definition) is 0. The minimum Gasteiger partial charge on any atom is -0.494 e. The molecule has 74 valence electrons. The first-order chi connectivity index (χ1) is 6.86. The van der Waals surface area contributed by atoms with Crippen LogP contribution in [0.3, 0.4) is 0 Å². The van der Waals surface area contributed by atoms with E-state index in [9.17, 15) is 0 Å². The van der Waals surface area contributed by atoms with Crippen LogP contribution in [0.5, 0.6) is 5.75 Å². The number of rotatable bonds is 3. The number of ether oxygens (including phenoxy) is 1. The van der Waals surface area contributed by atoms with E-state index in [2.05, 4.69) is 16.3 Å². The first-order valence-electron chi connectivity index (χ1n) is 4.85. The van der Waals surface area contributed by atoms with E-state index in [0.29, 0.717) is 0 Å². The van der Waals surface area contributed by atoms with Gasteiger partial charge in [0.2, 0.25) is 0 Å². The second kappa shape index (κ2) is 3.70. The maximum absolute atomic E-state index is 5.26. The van der Waals surface area contributed by atoms with Crippen LogP contribution in [0, 0.1) is 0 Å². The molecule has 0 spiro atoms. The Bertz CT molecular complexity index is 434. The summed E-state index contributed by atoms with van der Waals surface area (Å²) < 4.78 is 7.34. The van der Waals surface area contributed by atoms with Crippen molar-refractivity contribution in [1.29, 1.82) is 0 Å². The lowest BCUT2D eigenvalue weighted by atomic mass is 10.3. The Kier molecular flexibility index (Phi) is 2.39. The van der Waals surface area contributed by atoms with E-state index in [1.54, 1.807) is 7.11 Å². The summed E-state index contributed by atoms with van der Waals surface area (Å²) in [5.74, 6) is 1.98. The molecule has 0 saturated heterocycles. The van der Waals surface area contributed by atoms with E-state index in [0.717, 1.165) is 29.9 Å². The molecule has 3 heteroatoms. The van der Waals surface area contributed by atoms with Crippen molar-refractivity contribution in [2.24, 2.45) is 0 Å². The summed E-state index contributed by atoms with van der Waals surface area (Å²) in [4.78, 5) is 4.38. The zero-order chi connectivity index (χ0) is 9.97. The average molecular weight is 190 g/mol. The average Bonchev–Trinajstić information content (AvgIpc) is 2.62. The number of methoxy groups -OCH3 is 1. The third-order valence-electron chi connectivity index (χ3n) is 2.30. The molecule has 0 aromatic carbocycles. The summed E-state index contributed by atoms with van der Waals surface area (Å²) in [6, 6.07) is 3.93. The van der Waals surface area contributed by atoms with Crippen LogP contribution in [0.4, 0.5) is 0 Å². The molecule has 2 heterocycles. The Morgan fingerprint density at radius 3 is 3.07 bits per heavy atom. The van der Waals surface area contributed by atoms with Crippen molar-refractivity contribution in [2.45, 2.75) is 19.8 Å². The van der Waals surface area contributed by atoms with Crippen molar-refractivity contribution in [2.75, 3.05) is 7.11 Å². The van der Waals surface area contributed by atoms with Crippen LogP contribution in [0.15, 0.2) is 24.5 Å². The van der Waals surface area contributed by atoms with Gasteiger partial charge in [-0.05, 0) is 18.6 Å². The van der Waals surface area contributed by atoms with Crippen LogP contribution in [-0.2, 0) is 6.42 Å². The molecule has 0 aliphatic carbocycles. The summed E-state index contributed by atoms with van der Waals surface area (Å²) in [7, 11) is 1.68. The van der Waals surface area contributed by atoms with Crippen molar-refractivity contribution in [1.82, 2.24) is 9.38 Å². The summed E-state index contributed by atoms with van der Waals surface area (Å²) >= 11 is 0. The Morgan fingerprint density at radius 2 is 2.36 bits per heavy atom. The Morgan fingerprint density at radius 1 is 1.50 bits per heavy atom. The van der Waals surface area contributed by atoms with E-state index in [-0.39, 0.29) is 0 Å². The minimum atomic E-state index is 0.877. The van der Waals surface area contributed by atoms with Gasteiger partial charge in [0, 0.05) is 12.6 Å². The van der Waals surface area contributed by atoms with Crippen molar-refractivity contribution in [3.8, 4) is 5.75 Å². The van der Waals surface area contributed by atoms with Crippen LogP contribution in [-0.4, -0.2) is 16.5 Å². The van der Waals surface area contributed by atoms with Gasteiger partial charge in [0.05, 0.1) is 13.3 Å². The highest BCUT2D eigenvalue weighted by Crippen LogP contribution is 2.20. The highest BCUT2D eigenvalue weighted by Gasteiger charge is 2.05. The molecule has 0 radical (unpaired) electrons. The number of aryl methyl sites for hydroxylation is 1. The highest BCUT2D eigenvalue weighted by molar-refractivity contribution is 5.59. The zero-order valence-corrected chi connectivity index (χ0v) is 8.53. The molecule has 0 N–H and O–H groups in total. The van der Waals surface area contributed by atoms with Crippen LogP contribution in [0.2, 0.25) is 0 Å². The molecule has 14 heavy (non-hydrogen) atoms. The zero-order valence-electron chi connectivity index (χ0n) is 8.53. The first kappa shape index (κ1) is 9.06. The lowest BCUT2D eigenvalue weighted by Crippen LogP contribution is -1.94. The molecule has 0 saturated carbocycles. The van der Waals surface area contributed by atoms with Crippen LogP contribution in [0.25, 0.3) is 5.52 Å². The van der Waals surface area contributed by atoms with Crippen LogP contribution < -0.4 is 4.74 Å². The Hall–Kier alpha value is -1.51. The fraction of sp³-hybridized carbons (Fsp3) is 0.364. The van der Waals surface area contributed by atoms with Crippen LogP contribution in [0.1, 0.15) is 19.2 Å². The number of hydrogen-bond acceptors (Lipinski definition) is 2. The molecule has 0 aliphatic rings. The number of fused-ring (bicyclic) bond motifs is 1. The molecule has 2 aromatic rings. The van der Waals surface area contributed by atoms with Crippen molar-refractivity contribution in [3.63, 3.8) is 0 Å². The lowest BCUT2D eigenvalue weighted by molar-refractivity contribution is 0.418. The predicted octanol–water partition coefficient (Wildman–Crippen LogP) is 2.30. The molecule has 0 unspecified atom stereocenters. The first-order valence-corrected chi connectivity index (χ1v) is 4.85. The van der Waals surface area contributed by atoms with Gasteiger partial charge in [-0.1, -0.05) is 6.92 Å². The lowest BCUT2D eigenvalue weighted by Gasteiger charge is -2.03. The summed E-state index contributed by atoms with van der Waals surface area (Å²) in [6.45, 7) is 2.15. The van der Waals surface area contributed by atoms with E-state index in [4.69, 9.17) is 4.74 Å². The fourth-order valence-electron chi connectivity index (χ4n) is 1.63. The Labute approximate surface area is 83.3 Å². The molecule has 0 fully saturated rings. The van der Waals surface area contributed by atoms with Crippen molar-refractivity contribution >= 4 is 5.52 Å². The van der Waals surface area contributed by atoms with Gasteiger partial charge in [0.1, 0.15) is 17.1 Å². The van der Waals surface area contributed by atoms with E-state index in [1.807, 2.05) is 24.5 Å². The summed E-state index contributed by atoms with van der Waals surface area (Å²) in [5.41, 5.74) is 1.04. The summed E-state index contributed by atoms with van der Waals surface area (Å²) in [5, 5.41) is 0.